The number of fused-ring (bicyclic) bond motifs is 1. The fourth-order valence-electron chi connectivity index (χ4n) is 2.79. The van der Waals surface area contributed by atoms with Crippen LogP contribution in [0.2, 0.25) is 0 Å². The third kappa shape index (κ3) is 3.10. The van der Waals surface area contributed by atoms with Crippen LogP contribution in [0.15, 0.2) is 48.8 Å². The maximum absolute atomic E-state index is 12.7. The Morgan fingerprint density at radius 1 is 1.20 bits per heavy atom. The van der Waals surface area contributed by atoms with Gasteiger partial charge in [-0.1, -0.05) is 18.2 Å². The Kier molecular flexibility index (Phi) is 4.52. The molecule has 1 aromatic carbocycles. The Morgan fingerprint density at radius 3 is 2.72 bits per heavy atom. The zero-order valence-electron chi connectivity index (χ0n) is 14.4. The number of pyridine rings is 1. The highest BCUT2D eigenvalue weighted by Crippen LogP contribution is 2.21. The summed E-state index contributed by atoms with van der Waals surface area (Å²) in [5, 5.41) is 0. The molecule has 0 bridgehead atoms. The first-order chi connectivity index (χ1) is 12.0. The molecule has 0 fully saturated rings. The van der Waals surface area contributed by atoms with E-state index in [2.05, 4.69) is 4.98 Å². The van der Waals surface area contributed by atoms with Crippen LogP contribution in [0.25, 0.3) is 5.65 Å². The Bertz CT molecular complexity index is 946. The minimum absolute atomic E-state index is 0.139. The van der Waals surface area contributed by atoms with Crippen LogP contribution in [0.4, 0.5) is 5.69 Å². The Hall–Kier alpha value is -3.15. The van der Waals surface area contributed by atoms with Gasteiger partial charge in [0.05, 0.1) is 30.5 Å². The molecule has 0 spiro atoms. The van der Waals surface area contributed by atoms with Gasteiger partial charge in [0, 0.05) is 19.4 Å². The predicted molar refractivity (Wildman–Crippen MR) is 94.8 cm³/mol. The number of aromatic nitrogens is 2. The van der Waals surface area contributed by atoms with Gasteiger partial charge in [-0.25, -0.2) is 9.78 Å². The summed E-state index contributed by atoms with van der Waals surface area (Å²) >= 11 is 0. The van der Waals surface area contributed by atoms with Gasteiger partial charge < -0.3 is 14.0 Å². The van der Waals surface area contributed by atoms with E-state index < -0.39 is 5.97 Å². The van der Waals surface area contributed by atoms with Gasteiger partial charge in [0.1, 0.15) is 5.65 Å². The number of benzene rings is 1. The molecular formula is C19H19N3O3. The number of para-hydroxylation sites is 1. The summed E-state index contributed by atoms with van der Waals surface area (Å²) in [5.74, 6) is -0.611. The van der Waals surface area contributed by atoms with Crippen LogP contribution >= 0.6 is 0 Å². The number of imidazole rings is 1. The summed E-state index contributed by atoms with van der Waals surface area (Å²) in [6.45, 7) is 1.98. The van der Waals surface area contributed by atoms with Crippen molar-refractivity contribution in [2.75, 3.05) is 19.1 Å². The molecule has 2 heterocycles. The second kappa shape index (κ2) is 6.76. The lowest BCUT2D eigenvalue weighted by Crippen LogP contribution is -2.29. The number of hydrogen-bond acceptors (Lipinski definition) is 4. The van der Waals surface area contributed by atoms with Crippen molar-refractivity contribution >= 4 is 23.2 Å². The Morgan fingerprint density at radius 2 is 1.96 bits per heavy atom. The molecule has 6 heteroatoms. The lowest BCUT2D eigenvalue weighted by atomic mass is 10.1. The molecule has 128 valence electrons. The molecule has 2 aromatic heterocycles. The molecule has 1 amide bonds. The number of aryl methyl sites for hydroxylation is 1. The van der Waals surface area contributed by atoms with E-state index in [1.807, 2.05) is 29.7 Å². The summed E-state index contributed by atoms with van der Waals surface area (Å²) in [5.41, 5.74) is 3.55. The average molecular weight is 337 g/mol. The van der Waals surface area contributed by atoms with Crippen LogP contribution in [0.3, 0.4) is 0 Å². The minimum atomic E-state index is -0.472. The first-order valence-corrected chi connectivity index (χ1v) is 7.88. The first kappa shape index (κ1) is 16.7. The van der Waals surface area contributed by atoms with E-state index in [-0.39, 0.29) is 12.3 Å². The van der Waals surface area contributed by atoms with E-state index in [0.29, 0.717) is 11.3 Å². The van der Waals surface area contributed by atoms with Crippen molar-refractivity contribution in [2.45, 2.75) is 13.3 Å². The molecule has 0 aliphatic heterocycles. The van der Waals surface area contributed by atoms with Crippen molar-refractivity contribution in [1.29, 1.82) is 0 Å². The first-order valence-electron chi connectivity index (χ1n) is 7.88. The highest BCUT2D eigenvalue weighted by molar-refractivity contribution is 6.02. The third-order valence-corrected chi connectivity index (χ3v) is 4.18. The normalized spacial score (nSPS) is 10.7. The Balaban J connectivity index is 1.89. The minimum Gasteiger partial charge on any atom is -0.465 e. The summed E-state index contributed by atoms with van der Waals surface area (Å²) in [7, 11) is 2.97. The van der Waals surface area contributed by atoms with Gasteiger partial charge in [-0.3, -0.25) is 4.79 Å². The highest BCUT2D eigenvalue weighted by Gasteiger charge is 2.20. The largest absolute Gasteiger partial charge is 0.465 e. The number of carbonyl (C=O) groups is 2. The molecule has 0 unspecified atom stereocenters. The van der Waals surface area contributed by atoms with Gasteiger partial charge in [-0.2, -0.15) is 0 Å². The van der Waals surface area contributed by atoms with Crippen molar-refractivity contribution in [2.24, 2.45) is 0 Å². The molecule has 0 atom stereocenters. The van der Waals surface area contributed by atoms with Crippen LogP contribution in [-0.4, -0.2) is 35.4 Å². The van der Waals surface area contributed by atoms with Gasteiger partial charge in [0.25, 0.3) is 0 Å². The van der Waals surface area contributed by atoms with Crippen LogP contribution < -0.4 is 4.90 Å². The van der Waals surface area contributed by atoms with E-state index >= 15 is 0 Å². The van der Waals surface area contributed by atoms with Crippen molar-refractivity contribution < 1.29 is 14.3 Å². The van der Waals surface area contributed by atoms with Gasteiger partial charge >= 0.3 is 5.97 Å². The fraction of sp³-hybridized carbons (Fsp3) is 0.211. The molecule has 6 nitrogen and oxygen atoms in total. The SMILES string of the molecule is COC(=O)c1ccccc1N(C)C(=O)Cc1cnc2c(C)cccn12. The molecule has 0 saturated carbocycles. The highest BCUT2D eigenvalue weighted by atomic mass is 16.5. The van der Waals surface area contributed by atoms with Gasteiger partial charge in [-0.15, -0.1) is 0 Å². The third-order valence-electron chi connectivity index (χ3n) is 4.18. The quantitative estimate of drug-likeness (QED) is 0.687. The molecule has 0 saturated heterocycles. The maximum Gasteiger partial charge on any atom is 0.339 e. The number of likely N-dealkylation sites (N-methyl/N-ethyl adjacent to an activating group) is 1. The summed E-state index contributed by atoms with van der Waals surface area (Å²) in [4.78, 5) is 30.5. The topological polar surface area (TPSA) is 63.9 Å². The number of rotatable bonds is 4. The maximum atomic E-state index is 12.7. The summed E-state index contributed by atoms with van der Waals surface area (Å²) in [6, 6.07) is 10.8. The van der Waals surface area contributed by atoms with Crippen molar-refractivity contribution in [1.82, 2.24) is 9.38 Å². The van der Waals surface area contributed by atoms with E-state index in [4.69, 9.17) is 4.74 Å². The molecule has 25 heavy (non-hydrogen) atoms. The predicted octanol–water partition coefficient (Wildman–Crippen LogP) is 2.63. The number of methoxy groups -OCH3 is 1. The standard InChI is InChI=1S/C19H19N3O3/c1-13-7-6-10-22-14(12-20-18(13)22)11-17(23)21(2)16-9-5-4-8-15(16)19(24)25-3/h4-10,12H,11H2,1-3H3. The number of esters is 1. The molecule has 0 radical (unpaired) electrons. The number of hydrogen-bond donors (Lipinski definition) is 0. The van der Waals surface area contributed by atoms with Crippen molar-refractivity contribution in [3.05, 3.63) is 65.6 Å². The summed E-state index contributed by atoms with van der Waals surface area (Å²) in [6.07, 6.45) is 3.78. The molecule has 3 aromatic rings. The molecule has 3 rings (SSSR count). The number of anilines is 1. The van der Waals surface area contributed by atoms with Gasteiger partial charge in [0.15, 0.2) is 0 Å². The van der Waals surface area contributed by atoms with Crippen LogP contribution in [0, 0.1) is 6.92 Å². The fourth-order valence-corrected chi connectivity index (χ4v) is 2.79. The van der Waals surface area contributed by atoms with Crippen LogP contribution in [0.5, 0.6) is 0 Å². The number of carbonyl (C=O) groups excluding carboxylic acids is 2. The number of ether oxygens (including phenoxy) is 1. The average Bonchev–Trinajstić information content (AvgIpc) is 3.04. The molecule has 0 aliphatic carbocycles. The molecule has 0 N–H and O–H groups in total. The van der Waals surface area contributed by atoms with Gasteiger partial charge in [-0.05, 0) is 30.7 Å². The molecular weight excluding hydrogens is 318 g/mol. The van der Waals surface area contributed by atoms with E-state index in [1.165, 1.54) is 12.0 Å². The smallest absolute Gasteiger partial charge is 0.339 e. The lowest BCUT2D eigenvalue weighted by molar-refractivity contribution is -0.117. The summed E-state index contributed by atoms with van der Waals surface area (Å²) < 4.78 is 6.70. The Labute approximate surface area is 145 Å². The number of amides is 1. The van der Waals surface area contributed by atoms with E-state index in [9.17, 15) is 9.59 Å². The van der Waals surface area contributed by atoms with Crippen LogP contribution in [-0.2, 0) is 16.0 Å². The van der Waals surface area contributed by atoms with Crippen molar-refractivity contribution in [3.63, 3.8) is 0 Å². The van der Waals surface area contributed by atoms with Crippen LogP contribution in [0.1, 0.15) is 21.6 Å². The molecule has 0 aliphatic rings. The monoisotopic (exact) mass is 337 g/mol. The van der Waals surface area contributed by atoms with Gasteiger partial charge in [0.2, 0.25) is 5.91 Å². The van der Waals surface area contributed by atoms with Crippen molar-refractivity contribution in [3.8, 4) is 0 Å². The lowest BCUT2D eigenvalue weighted by Gasteiger charge is -2.19. The second-order valence-corrected chi connectivity index (χ2v) is 5.77. The zero-order valence-corrected chi connectivity index (χ0v) is 14.4. The second-order valence-electron chi connectivity index (χ2n) is 5.77. The van der Waals surface area contributed by atoms with E-state index in [0.717, 1.165) is 16.9 Å². The zero-order chi connectivity index (χ0) is 18.0. The van der Waals surface area contributed by atoms with E-state index in [1.54, 1.807) is 37.5 Å². The number of nitrogens with zero attached hydrogens (tertiary/aromatic N) is 3.